The molecule has 0 fully saturated rings. The van der Waals surface area contributed by atoms with Gasteiger partial charge in [0.05, 0.1) is 10.5 Å². The van der Waals surface area contributed by atoms with Crippen molar-refractivity contribution in [2.24, 2.45) is 0 Å². The molecule has 0 aromatic heterocycles. The molecule has 3 rings (SSSR count). The van der Waals surface area contributed by atoms with E-state index in [1.165, 1.54) is 18.2 Å². The first-order valence-corrected chi connectivity index (χ1v) is 6.05. The van der Waals surface area contributed by atoms with Crippen molar-refractivity contribution in [3.8, 4) is 23.0 Å². The second-order valence-corrected chi connectivity index (χ2v) is 4.59. The Balaban J connectivity index is 2.38. The largest absolute Gasteiger partial charge is 0.504 e. The molecular formula is C13H8N2O7. The van der Waals surface area contributed by atoms with Gasteiger partial charge in [-0.3, -0.25) is 20.2 Å². The van der Waals surface area contributed by atoms with Gasteiger partial charge in [0, 0.05) is 11.0 Å². The SMILES string of the molecule is O=[N+]([O-])c1c(O)c(O)cc2c1C([N+](=O)[O-])c1ccccc1O2. The van der Waals surface area contributed by atoms with Gasteiger partial charge in [0.2, 0.25) is 5.75 Å². The summed E-state index contributed by atoms with van der Waals surface area (Å²) in [5, 5.41) is 41.9. The quantitative estimate of drug-likeness (QED) is 0.494. The molecule has 0 bridgehead atoms. The second-order valence-electron chi connectivity index (χ2n) is 4.59. The minimum Gasteiger partial charge on any atom is -0.504 e. The lowest BCUT2D eigenvalue weighted by atomic mass is 9.93. The van der Waals surface area contributed by atoms with E-state index in [0.717, 1.165) is 6.07 Å². The number of nitrogens with zero attached hydrogens (tertiary/aromatic N) is 2. The number of fused-ring (bicyclic) bond motifs is 2. The Bertz CT molecular complexity index is 818. The first-order valence-electron chi connectivity index (χ1n) is 6.05. The lowest BCUT2D eigenvalue weighted by Gasteiger charge is -2.23. The molecule has 0 spiro atoms. The van der Waals surface area contributed by atoms with E-state index in [2.05, 4.69) is 0 Å². The van der Waals surface area contributed by atoms with Crippen LogP contribution in [0.5, 0.6) is 23.0 Å². The molecule has 1 aliphatic heterocycles. The van der Waals surface area contributed by atoms with Gasteiger partial charge >= 0.3 is 5.69 Å². The van der Waals surface area contributed by atoms with Crippen LogP contribution in [-0.4, -0.2) is 20.1 Å². The fourth-order valence-corrected chi connectivity index (χ4v) is 2.46. The summed E-state index contributed by atoms with van der Waals surface area (Å²) in [6.07, 6.45) is 0. The van der Waals surface area contributed by atoms with E-state index in [0.29, 0.717) is 0 Å². The molecule has 1 unspecified atom stereocenters. The first-order chi connectivity index (χ1) is 10.4. The molecule has 2 aromatic carbocycles. The zero-order chi connectivity index (χ0) is 16.0. The average molecular weight is 304 g/mol. The Morgan fingerprint density at radius 1 is 1.09 bits per heavy atom. The highest BCUT2D eigenvalue weighted by Gasteiger charge is 2.44. The third-order valence-corrected chi connectivity index (χ3v) is 3.36. The van der Waals surface area contributed by atoms with Gasteiger partial charge in [0.1, 0.15) is 11.5 Å². The van der Waals surface area contributed by atoms with E-state index in [4.69, 9.17) is 4.74 Å². The summed E-state index contributed by atoms with van der Waals surface area (Å²) in [5.41, 5.74) is -1.21. The maximum absolute atomic E-state index is 11.4. The van der Waals surface area contributed by atoms with Crippen molar-refractivity contribution in [2.75, 3.05) is 0 Å². The predicted molar refractivity (Wildman–Crippen MR) is 71.8 cm³/mol. The Morgan fingerprint density at radius 2 is 1.77 bits per heavy atom. The van der Waals surface area contributed by atoms with Crippen LogP contribution in [0.2, 0.25) is 0 Å². The number of phenols is 2. The zero-order valence-electron chi connectivity index (χ0n) is 10.8. The highest BCUT2D eigenvalue weighted by atomic mass is 16.6. The minimum atomic E-state index is -1.58. The van der Waals surface area contributed by atoms with Crippen LogP contribution >= 0.6 is 0 Å². The summed E-state index contributed by atoms with van der Waals surface area (Å²) < 4.78 is 5.40. The third-order valence-electron chi connectivity index (χ3n) is 3.36. The number of hydrogen-bond acceptors (Lipinski definition) is 7. The van der Waals surface area contributed by atoms with Crippen molar-refractivity contribution in [1.82, 2.24) is 0 Å². The van der Waals surface area contributed by atoms with Crippen LogP contribution in [0.4, 0.5) is 5.69 Å². The Labute approximate surface area is 122 Å². The number of benzene rings is 2. The molecule has 9 heteroatoms. The van der Waals surface area contributed by atoms with Crippen molar-refractivity contribution in [1.29, 1.82) is 0 Å². The van der Waals surface area contributed by atoms with Gasteiger partial charge in [0.15, 0.2) is 11.3 Å². The van der Waals surface area contributed by atoms with Crippen molar-refractivity contribution >= 4 is 5.69 Å². The van der Waals surface area contributed by atoms with Gasteiger partial charge in [-0.2, -0.15) is 0 Å². The Hall–Kier alpha value is -3.36. The molecule has 0 aliphatic carbocycles. The highest BCUT2D eigenvalue weighted by Crippen LogP contribution is 2.53. The number of para-hydroxylation sites is 1. The van der Waals surface area contributed by atoms with E-state index in [1.54, 1.807) is 6.07 Å². The molecule has 1 aliphatic rings. The maximum Gasteiger partial charge on any atom is 0.328 e. The molecule has 2 N–H and O–H groups in total. The molecule has 2 aromatic rings. The number of rotatable bonds is 2. The molecule has 0 saturated carbocycles. The van der Waals surface area contributed by atoms with Gasteiger partial charge in [0.25, 0.3) is 6.04 Å². The number of nitro groups is 2. The Morgan fingerprint density at radius 3 is 2.41 bits per heavy atom. The predicted octanol–water partition coefficient (Wildman–Crippen LogP) is 2.48. The number of aromatic hydroxyl groups is 2. The monoisotopic (exact) mass is 304 g/mol. The van der Waals surface area contributed by atoms with Gasteiger partial charge in [-0.1, -0.05) is 12.1 Å². The summed E-state index contributed by atoms with van der Waals surface area (Å²) in [6.45, 7) is 0. The van der Waals surface area contributed by atoms with Crippen LogP contribution < -0.4 is 4.74 Å². The van der Waals surface area contributed by atoms with Gasteiger partial charge in [-0.15, -0.1) is 0 Å². The van der Waals surface area contributed by atoms with Crippen LogP contribution in [-0.2, 0) is 0 Å². The fourth-order valence-electron chi connectivity index (χ4n) is 2.46. The van der Waals surface area contributed by atoms with Gasteiger partial charge < -0.3 is 14.9 Å². The van der Waals surface area contributed by atoms with Crippen LogP contribution in [0, 0.1) is 20.2 Å². The third kappa shape index (κ3) is 1.79. The van der Waals surface area contributed by atoms with Crippen LogP contribution in [0.25, 0.3) is 0 Å². The lowest BCUT2D eigenvalue weighted by molar-refractivity contribution is -0.519. The van der Waals surface area contributed by atoms with E-state index in [-0.39, 0.29) is 17.1 Å². The van der Waals surface area contributed by atoms with Gasteiger partial charge in [-0.25, -0.2) is 0 Å². The smallest absolute Gasteiger partial charge is 0.328 e. The number of hydrogen-bond donors (Lipinski definition) is 2. The highest BCUT2D eigenvalue weighted by molar-refractivity contribution is 5.69. The van der Waals surface area contributed by atoms with Crippen LogP contribution in [0.3, 0.4) is 0 Å². The Kier molecular flexibility index (Phi) is 2.84. The normalized spacial score (nSPS) is 15.4. The maximum atomic E-state index is 11.4. The first kappa shape index (κ1) is 13.6. The minimum absolute atomic E-state index is 0.133. The molecular weight excluding hydrogens is 296 g/mol. The van der Waals surface area contributed by atoms with E-state index in [1.807, 2.05) is 0 Å². The van der Waals surface area contributed by atoms with Crippen LogP contribution in [0.15, 0.2) is 30.3 Å². The number of nitro benzene ring substituents is 1. The van der Waals surface area contributed by atoms with Crippen molar-refractivity contribution in [2.45, 2.75) is 6.04 Å². The topological polar surface area (TPSA) is 136 Å². The van der Waals surface area contributed by atoms with E-state index < -0.39 is 38.6 Å². The summed E-state index contributed by atoms with van der Waals surface area (Å²) in [6, 6.07) is 5.37. The number of ether oxygens (including phenoxy) is 1. The van der Waals surface area contributed by atoms with Crippen molar-refractivity contribution < 1.29 is 24.8 Å². The molecule has 0 saturated heterocycles. The fraction of sp³-hybridized carbons (Fsp3) is 0.0769. The van der Waals surface area contributed by atoms with E-state index in [9.17, 15) is 30.4 Å². The molecule has 1 heterocycles. The van der Waals surface area contributed by atoms with Crippen molar-refractivity contribution in [3.63, 3.8) is 0 Å². The molecule has 22 heavy (non-hydrogen) atoms. The zero-order valence-corrected chi connectivity index (χ0v) is 10.8. The average Bonchev–Trinajstić information content (AvgIpc) is 2.45. The molecule has 112 valence electrons. The molecule has 0 radical (unpaired) electrons. The van der Waals surface area contributed by atoms with E-state index >= 15 is 0 Å². The molecule has 9 nitrogen and oxygen atoms in total. The second kappa shape index (κ2) is 4.58. The lowest BCUT2D eigenvalue weighted by Crippen LogP contribution is -2.19. The standard InChI is InChI=1S/C13H8N2O7/c16-7-5-9-10(12(13(7)17)15(20)21)11(14(18)19)6-3-1-2-4-8(6)22-9/h1-5,11,16-17H. The molecule has 0 amide bonds. The summed E-state index contributed by atoms with van der Waals surface area (Å²) in [4.78, 5) is 20.9. The van der Waals surface area contributed by atoms with Crippen LogP contribution in [0.1, 0.15) is 17.2 Å². The van der Waals surface area contributed by atoms with Gasteiger partial charge in [-0.05, 0) is 12.1 Å². The summed E-state index contributed by atoms with van der Waals surface area (Å²) in [5.74, 6) is -1.89. The number of phenolic OH excluding ortho intramolecular Hbond substituents is 2. The summed E-state index contributed by atoms with van der Waals surface area (Å²) in [7, 11) is 0. The van der Waals surface area contributed by atoms with Crippen molar-refractivity contribution in [3.05, 3.63) is 61.7 Å². The molecule has 1 atom stereocenters. The summed E-state index contributed by atoms with van der Waals surface area (Å²) >= 11 is 0.